The number of benzene rings is 1. The highest BCUT2D eigenvalue weighted by Gasteiger charge is 2.15. The average molecular weight is 374 g/mol. The summed E-state index contributed by atoms with van der Waals surface area (Å²) in [5.74, 6) is -0.829. The molecule has 1 N–H and O–H groups in total. The summed E-state index contributed by atoms with van der Waals surface area (Å²) in [4.78, 5) is 34.2. The maximum absolute atomic E-state index is 11.7. The molecule has 0 heterocycles. The predicted octanol–water partition coefficient (Wildman–Crippen LogP) is 3.88. The topological polar surface area (TPSA) is 98.5 Å². The number of carbonyl (C=O) groups is 2. The first kappa shape index (κ1) is 22.1. The first-order chi connectivity index (χ1) is 12.6. The van der Waals surface area contributed by atoms with Crippen LogP contribution in [0.3, 0.4) is 0 Å². The molecule has 0 fully saturated rings. The molecule has 0 saturated carbocycles. The lowest BCUT2D eigenvalue weighted by molar-refractivity contribution is -0.385. The highest BCUT2D eigenvalue weighted by atomic mass is 16.6. The normalized spacial score (nSPS) is 11.7. The highest BCUT2D eigenvalue weighted by molar-refractivity contribution is 5.92. The molecule has 146 valence electrons. The molecule has 0 atom stereocenters. The van der Waals surface area contributed by atoms with Crippen LogP contribution in [-0.4, -0.2) is 28.9 Å². The Kier molecular flexibility index (Phi) is 8.38. The largest absolute Gasteiger partial charge is 0.457 e. The number of nitro groups is 1. The van der Waals surface area contributed by atoms with E-state index in [2.05, 4.69) is 5.32 Å². The van der Waals surface area contributed by atoms with Crippen molar-refractivity contribution in [2.45, 2.75) is 46.1 Å². The second kappa shape index (κ2) is 10.3. The average Bonchev–Trinajstić information content (AvgIpc) is 2.57. The minimum atomic E-state index is -0.611. The van der Waals surface area contributed by atoms with Crippen LogP contribution in [0.15, 0.2) is 30.4 Å². The first-order valence-electron chi connectivity index (χ1n) is 8.78. The summed E-state index contributed by atoms with van der Waals surface area (Å²) < 4.78 is 5.15. The van der Waals surface area contributed by atoms with Gasteiger partial charge in [0.15, 0.2) is 0 Å². The lowest BCUT2D eigenvalue weighted by atomic mass is 10.1. The number of hydrogen-bond donors (Lipinski definition) is 1. The van der Waals surface area contributed by atoms with Gasteiger partial charge < -0.3 is 10.1 Å². The second-order valence-corrected chi connectivity index (χ2v) is 6.92. The number of nitrogens with zero attached hydrogens (tertiary/aromatic N) is 1. The van der Waals surface area contributed by atoms with Crippen molar-refractivity contribution in [2.24, 2.45) is 0 Å². The Hall–Kier alpha value is -2.96. The number of rotatable bonds is 8. The van der Waals surface area contributed by atoms with Crippen molar-refractivity contribution in [3.05, 3.63) is 51.6 Å². The van der Waals surface area contributed by atoms with Crippen LogP contribution in [-0.2, 0) is 14.3 Å². The van der Waals surface area contributed by atoms with E-state index in [0.717, 1.165) is 12.8 Å². The van der Waals surface area contributed by atoms with E-state index in [1.807, 2.05) is 6.92 Å². The number of amides is 1. The van der Waals surface area contributed by atoms with E-state index in [1.165, 1.54) is 36.4 Å². The summed E-state index contributed by atoms with van der Waals surface area (Å²) >= 11 is 0. The number of nitrogens with one attached hydrogen (secondary N) is 1. The SMILES string of the molecule is CCCCNC(=O)/C=C/c1ccc(/C=C/C(=O)OC(C)(C)C)cc1[N+](=O)[O-]. The molecule has 7 heteroatoms. The number of unbranched alkanes of at least 4 members (excludes halogenated alkanes) is 1. The van der Waals surface area contributed by atoms with Crippen LogP contribution in [0, 0.1) is 10.1 Å². The molecule has 0 unspecified atom stereocenters. The molecule has 0 bridgehead atoms. The zero-order valence-electron chi connectivity index (χ0n) is 16.2. The van der Waals surface area contributed by atoms with Crippen molar-refractivity contribution >= 4 is 29.7 Å². The third-order valence-electron chi connectivity index (χ3n) is 3.31. The number of esters is 1. The van der Waals surface area contributed by atoms with Crippen molar-refractivity contribution in [1.29, 1.82) is 0 Å². The van der Waals surface area contributed by atoms with Crippen LogP contribution in [0.25, 0.3) is 12.2 Å². The van der Waals surface area contributed by atoms with Crippen molar-refractivity contribution in [1.82, 2.24) is 5.32 Å². The van der Waals surface area contributed by atoms with Crippen LogP contribution in [0.1, 0.15) is 51.7 Å². The zero-order chi connectivity index (χ0) is 20.4. The number of carbonyl (C=O) groups excluding carboxylic acids is 2. The summed E-state index contributed by atoms with van der Waals surface area (Å²) in [5.41, 5.74) is 0.0240. The number of nitro benzene ring substituents is 1. The molecular weight excluding hydrogens is 348 g/mol. The summed E-state index contributed by atoms with van der Waals surface area (Å²) in [6.45, 7) is 7.84. The molecule has 0 radical (unpaired) electrons. The van der Waals surface area contributed by atoms with Gasteiger partial charge in [-0.2, -0.15) is 0 Å². The summed E-state index contributed by atoms with van der Waals surface area (Å²) in [6.07, 6.45) is 7.19. The third kappa shape index (κ3) is 8.80. The van der Waals surface area contributed by atoms with Crippen molar-refractivity contribution in [2.75, 3.05) is 6.54 Å². The Morgan fingerprint density at radius 1 is 1.22 bits per heavy atom. The molecule has 27 heavy (non-hydrogen) atoms. The van der Waals surface area contributed by atoms with Crippen molar-refractivity contribution in [3.63, 3.8) is 0 Å². The van der Waals surface area contributed by atoms with E-state index < -0.39 is 16.5 Å². The fourth-order valence-electron chi connectivity index (χ4n) is 2.08. The molecule has 0 aromatic heterocycles. The van der Waals surface area contributed by atoms with Gasteiger partial charge in [0, 0.05) is 24.8 Å². The van der Waals surface area contributed by atoms with Gasteiger partial charge in [-0.05, 0) is 51.0 Å². The Bertz CT molecular complexity index is 745. The molecule has 0 aliphatic carbocycles. The Morgan fingerprint density at radius 3 is 2.52 bits per heavy atom. The zero-order valence-corrected chi connectivity index (χ0v) is 16.2. The molecule has 1 rings (SSSR count). The fourth-order valence-corrected chi connectivity index (χ4v) is 2.08. The molecule has 0 saturated heterocycles. The van der Waals surface area contributed by atoms with Gasteiger partial charge in [-0.25, -0.2) is 4.79 Å². The van der Waals surface area contributed by atoms with E-state index in [1.54, 1.807) is 26.8 Å². The molecule has 1 aromatic carbocycles. The molecule has 0 spiro atoms. The van der Waals surface area contributed by atoms with E-state index in [-0.39, 0.29) is 11.6 Å². The van der Waals surface area contributed by atoms with Gasteiger partial charge in [0.2, 0.25) is 5.91 Å². The lowest BCUT2D eigenvalue weighted by Gasteiger charge is -2.17. The summed E-state index contributed by atoms with van der Waals surface area (Å²) in [6, 6.07) is 4.50. The van der Waals surface area contributed by atoms with Gasteiger partial charge in [0.05, 0.1) is 10.5 Å². The molecule has 0 aliphatic heterocycles. The minimum Gasteiger partial charge on any atom is -0.457 e. The van der Waals surface area contributed by atoms with Crippen molar-refractivity contribution in [3.8, 4) is 0 Å². The maximum Gasteiger partial charge on any atom is 0.331 e. The van der Waals surface area contributed by atoms with E-state index in [9.17, 15) is 19.7 Å². The monoisotopic (exact) mass is 374 g/mol. The fraction of sp³-hybridized carbons (Fsp3) is 0.400. The highest BCUT2D eigenvalue weighted by Crippen LogP contribution is 2.22. The van der Waals surface area contributed by atoms with E-state index in [0.29, 0.717) is 17.7 Å². The summed E-state index contributed by atoms with van der Waals surface area (Å²) in [5, 5.41) is 14.0. The van der Waals surface area contributed by atoms with Crippen LogP contribution < -0.4 is 5.32 Å². The van der Waals surface area contributed by atoms with Gasteiger partial charge >= 0.3 is 5.97 Å². The second-order valence-electron chi connectivity index (χ2n) is 6.92. The van der Waals surface area contributed by atoms with Gasteiger partial charge in [-0.3, -0.25) is 14.9 Å². The maximum atomic E-state index is 11.7. The molecule has 1 aromatic rings. The quantitative estimate of drug-likeness (QED) is 0.245. The molecular formula is C20H26N2O5. The third-order valence-corrected chi connectivity index (χ3v) is 3.31. The molecule has 7 nitrogen and oxygen atoms in total. The minimum absolute atomic E-state index is 0.154. The molecule has 1 amide bonds. The van der Waals surface area contributed by atoms with Gasteiger partial charge in [-0.1, -0.05) is 19.4 Å². The number of hydrogen-bond acceptors (Lipinski definition) is 5. The standard InChI is InChI=1S/C20H26N2O5/c1-5-6-13-21-18(23)11-10-16-9-7-15(14-17(16)22(25)26)8-12-19(24)27-20(2,3)4/h7-12,14H,5-6,13H2,1-4H3,(H,21,23)/b11-10+,12-8+. The van der Waals surface area contributed by atoms with Gasteiger partial charge in [0.1, 0.15) is 5.60 Å². The smallest absolute Gasteiger partial charge is 0.331 e. The van der Waals surface area contributed by atoms with Crippen LogP contribution in [0.4, 0.5) is 5.69 Å². The van der Waals surface area contributed by atoms with Gasteiger partial charge in [-0.15, -0.1) is 0 Å². The van der Waals surface area contributed by atoms with Crippen LogP contribution in [0.2, 0.25) is 0 Å². The predicted molar refractivity (Wildman–Crippen MR) is 105 cm³/mol. The first-order valence-corrected chi connectivity index (χ1v) is 8.78. The van der Waals surface area contributed by atoms with E-state index >= 15 is 0 Å². The lowest BCUT2D eigenvalue weighted by Crippen LogP contribution is -2.22. The van der Waals surface area contributed by atoms with E-state index in [4.69, 9.17) is 4.74 Å². The number of ether oxygens (including phenoxy) is 1. The molecule has 0 aliphatic rings. The van der Waals surface area contributed by atoms with Crippen LogP contribution in [0.5, 0.6) is 0 Å². The Labute approximate surface area is 159 Å². The van der Waals surface area contributed by atoms with Gasteiger partial charge in [0.25, 0.3) is 5.69 Å². The summed E-state index contributed by atoms with van der Waals surface area (Å²) in [7, 11) is 0. The Morgan fingerprint density at radius 2 is 1.93 bits per heavy atom. The van der Waals surface area contributed by atoms with Crippen LogP contribution >= 0.6 is 0 Å². The van der Waals surface area contributed by atoms with Crippen molar-refractivity contribution < 1.29 is 19.2 Å². The Balaban J connectivity index is 2.90.